The Bertz CT molecular complexity index is 1080. The van der Waals surface area contributed by atoms with E-state index in [1.807, 2.05) is 18.2 Å². The second-order valence-corrected chi connectivity index (χ2v) is 6.72. The van der Waals surface area contributed by atoms with E-state index in [0.29, 0.717) is 27.4 Å². The van der Waals surface area contributed by atoms with Gasteiger partial charge in [-0.3, -0.25) is 14.4 Å². The molecule has 0 bridgehead atoms. The summed E-state index contributed by atoms with van der Waals surface area (Å²) >= 11 is 6.11. The van der Waals surface area contributed by atoms with Gasteiger partial charge in [0.1, 0.15) is 0 Å². The van der Waals surface area contributed by atoms with Crippen molar-refractivity contribution in [1.29, 1.82) is 0 Å². The molecule has 0 saturated carbocycles. The van der Waals surface area contributed by atoms with Crippen LogP contribution in [0.1, 0.15) is 36.6 Å². The monoisotopic (exact) mass is 390 g/mol. The van der Waals surface area contributed by atoms with E-state index in [-0.39, 0.29) is 12.5 Å². The van der Waals surface area contributed by atoms with Crippen molar-refractivity contribution in [3.63, 3.8) is 0 Å². The van der Waals surface area contributed by atoms with Gasteiger partial charge in [0.05, 0.1) is 16.8 Å². The molecule has 1 aliphatic rings. The van der Waals surface area contributed by atoms with E-state index >= 15 is 0 Å². The summed E-state index contributed by atoms with van der Waals surface area (Å²) in [5, 5.41) is 3.37. The number of fused-ring (bicyclic) bond motifs is 1. The van der Waals surface area contributed by atoms with Gasteiger partial charge < -0.3 is 5.32 Å². The molecular weight excluding hydrogens is 376 g/mol. The SMILES string of the molecule is O=C(NCc1ccccc1Cl)c1cccc(N2C(=O)c3ccccc3C2=O)c1. The molecule has 5 nitrogen and oxygen atoms in total. The molecule has 28 heavy (non-hydrogen) atoms. The average molecular weight is 391 g/mol. The largest absolute Gasteiger partial charge is 0.348 e. The van der Waals surface area contributed by atoms with Crippen molar-refractivity contribution in [2.45, 2.75) is 6.54 Å². The summed E-state index contributed by atoms with van der Waals surface area (Å²) in [6.07, 6.45) is 0. The van der Waals surface area contributed by atoms with E-state index < -0.39 is 11.8 Å². The Morgan fingerprint density at radius 3 is 2.18 bits per heavy atom. The van der Waals surface area contributed by atoms with E-state index in [9.17, 15) is 14.4 Å². The van der Waals surface area contributed by atoms with Gasteiger partial charge in [0.2, 0.25) is 0 Å². The van der Waals surface area contributed by atoms with Crippen molar-refractivity contribution in [3.05, 3.63) is 100 Å². The molecule has 1 N–H and O–H groups in total. The van der Waals surface area contributed by atoms with Gasteiger partial charge in [0.25, 0.3) is 17.7 Å². The molecular formula is C22H15ClN2O3. The predicted octanol–water partition coefficient (Wildman–Crippen LogP) is 4.07. The highest BCUT2D eigenvalue weighted by Crippen LogP contribution is 2.28. The summed E-state index contributed by atoms with van der Waals surface area (Å²) in [5.74, 6) is -1.11. The number of nitrogens with one attached hydrogen (secondary N) is 1. The number of nitrogens with zero attached hydrogens (tertiary/aromatic N) is 1. The van der Waals surface area contributed by atoms with E-state index in [1.165, 1.54) is 6.07 Å². The lowest BCUT2D eigenvalue weighted by molar-refractivity contribution is 0.0919. The van der Waals surface area contributed by atoms with Crippen LogP contribution >= 0.6 is 11.6 Å². The third-order valence-corrected chi connectivity index (χ3v) is 4.93. The number of hydrogen-bond acceptors (Lipinski definition) is 3. The number of carbonyl (C=O) groups is 3. The smallest absolute Gasteiger partial charge is 0.266 e. The number of anilines is 1. The average Bonchev–Trinajstić information content (AvgIpc) is 2.98. The molecule has 0 fully saturated rings. The summed E-state index contributed by atoms with van der Waals surface area (Å²) < 4.78 is 0. The molecule has 6 heteroatoms. The molecule has 138 valence electrons. The van der Waals surface area contributed by atoms with E-state index in [4.69, 9.17) is 11.6 Å². The molecule has 3 amide bonds. The molecule has 0 radical (unpaired) electrons. The van der Waals surface area contributed by atoms with Crippen molar-refractivity contribution in [1.82, 2.24) is 5.32 Å². The van der Waals surface area contributed by atoms with Gasteiger partial charge in [-0.2, -0.15) is 0 Å². The predicted molar refractivity (Wildman–Crippen MR) is 107 cm³/mol. The van der Waals surface area contributed by atoms with Crippen LogP contribution in [0.4, 0.5) is 5.69 Å². The minimum Gasteiger partial charge on any atom is -0.348 e. The van der Waals surface area contributed by atoms with Crippen LogP contribution in [0.3, 0.4) is 0 Å². The zero-order chi connectivity index (χ0) is 19.7. The maximum atomic E-state index is 12.6. The number of hydrogen-bond donors (Lipinski definition) is 1. The fourth-order valence-electron chi connectivity index (χ4n) is 3.13. The first-order valence-corrected chi connectivity index (χ1v) is 9.03. The summed E-state index contributed by atoms with van der Waals surface area (Å²) in [7, 11) is 0. The second kappa shape index (κ2) is 7.29. The Morgan fingerprint density at radius 1 is 0.857 bits per heavy atom. The highest BCUT2D eigenvalue weighted by atomic mass is 35.5. The Labute approximate surface area is 166 Å². The van der Waals surface area contributed by atoms with Crippen LogP contribution in [-0.2, 0) is 6.54 Å². The summed E-state index contributed by atoms with van der Waals surface area (Å²) in [5.41, 5.74) is 2.23. The maximum absolute atomic E-state index is 12.6. The van der Waals surface area contributed by atoms with Crippen LogP contribution in [0.5, 0.6) is 0 Å². The van der Waals surface area contributed by atoms with E-state index in [0.717, 1.165) is 10.5 Å². The minimum atomic E-state index is -0.394. The fraction of sp³-hybridized carbons (Fsp3) is 0.0455. The third-order valence-electron chi connectivity index (χ3n) is 4.56. The highest BCUT2D eigenvalue weighted by molar-refractivity contribution is 6.34. The Kier molecular flexibility index (Phi) is 4.67. The molecule has 4 rings (SSSR count). The molecule has 0 unspecified atom stereocenters. The first-order chi connectivity index (χ1) is 13.6. The van der Waals surface area contributed by atoms with Gasteiger partial charge in [0, 0.05) is 17.1 Å². The van der Waals surface area contributed by atoms with Gasteiger partial charge >= 0.3 is 0 Å². The lowest BCUT2D eigenvalue weighted by Gasteiger charge is -2.15. The number of carbonyl (C=O) groups excluding carboxylic acids is 3. The number of halogens is 1. The van der Waals surface area contributed by atoms with Crippen LogP contribution in [-0.4, -0.2) is 17.7 Å². The topological polar surface area (TPSA) is 66.5 Å². The number of benzene rings is 3. The zero-order valence-corrected chi connectivity index (χ0v) is 15.4. The molecule has 0 aliphatic carbocycles. The highest BCUT2D eigenvalue weighted by Gasteiger charge is 2.36. The summed E-state index contributed by atoms with van der Waals surface area (Å²) in [4.78, 5) is 38.9. The maximum Gasteiger partial charge on any atom is 0.266 e. The van der Waals surface area contributed by atoms with Gasteiger partial charge in [-0.15, -0.1) is 0 Å². The molecule has 1 heterocycles. The Hall–Kier alpha value is -3.44. The normalized spacial score (nSPS) is 12.8. The molecule has 0 saturated heterocycles. The molecule has 0 atom stereocenters. The van der Waals surface area contributed by atoms with Gasteiger partial charge in [-0.05, 0) is 42.0 Å². The van der Waals surface area contributed by atoms with E-state index in [1.54, 1.807) is 48.5 Å². The van der Waals surface area contributed by atoms with Crippen molar-refractivity contribution in [2.75, 3.05) is 4.90 Å². The number of rotatable bonds is 4. The lowest BCUT2D eigenvalue weighted by atomic mass is 10.1. The minimum absolute atomic E-state index is 0.274. The standard InChI is InChI=1S/C22H15ClN2O3/c23-19-11-4-1-6-15(19)13-24-20(26)14-7-5-8-16(12-14)25-21(27)17-9-2-3-10-18(17)22(25)28/h1-12H,13H2,(H,24,26). The van der Waals surface area contributed by atoms with Crippen molar-refractivity contribution >= 4 is 35.0 Å². The zero-order valence-electron chi connectivity index (χ0n) is 14.7. The second-order valence-electron chi connectivity index (χ2n) is 6.32. The summed E-state index contributed by atoms with van der Waals surface area (Å²) in [6.45, 7) is 0.274. The molecule has 0 spiro atoms. The first kappa shape index (κ1) is 17.9. The van der Waals surface area contributed by atoms with Crippen LogP contribution in [0.15, 0.2) is 72.8 Å². The molecule has 0 aromatic heterocycles. The van der Waals surface area contributed by atoms with Gasteiger partial charge in [-0.1, -0.05) is 48.0 Å². The Balaban J connectivity index is 1.55. The number of amides is 3. The van der Waals surface area contributed by atoms with Crippen LogP contribution in [0.25, 0.3) is 0 Å². The van der Waals surface area contributed by atoms with Crippen LogP contribution in [0.2, 0.25) is 5.02 Å². The van der Waals surface area contributed by atoms with Crippen LogP contribution in [0, 0.1) is 0 Å². The van der Waals surface area contributed by atoms with Gasteiger partial charge in [0.15, 0.2) is 0 Å². The molecule has 3 aromatic rings. The van der Waals surface area contributed by atoms with Crippen molar-refractivity contribution in [2.24, 2.45) is 0 Å². The quantitative estimate of drug-likeness (QED) is 0.683. The first-order valence-electron chi connectivity index (χ1n) is 8.66. The number of imide groups is 1. The van der Waals surface area contributed by atoms with Crippen LogP contribution < -0.4 is 10.2 Å². The van der Waals surface area contributed by atoms with Gasteiger partial charge in [-0.25, -0.2) is 4.90 Å². The van der Waals surface area contributed by atoms with E-state index in [2.05, 4.69) is 5.32 Å². The fourth-order valence-corrected chi connectivity index (χ4v) is 3.33. The van der Waals surface area contributed by atoms with Crippen molar-refractivity contribution < 1.29 is 14.4 Å². The summed E-state index contributed by atoms with van der Waals surface area (Å²) in [6, 6.07) is 20.4. The third kappa shape index (κ3) is 3.17. The Morgan fingerprint density at radius 2 is 1.50 bits per heavy atom. The molecule has 3 aromatic carbocycles. The molecule has 1 aliphatic heterocycles. The van der Waals surface area contributed by atoms with Crippen molar-refractivity contribution in [3.8, 4) is 0 Å². The lowest BCUT2D eigenvalue weighted by Crippen LogP contribution is -2.30.